The standard InChI is InChI=1S/C15H23BrN4O2/c1-15(2,3)22-14(21)20-6-5-11(10-20)9-19(4)13-8-17-12(16)7-18-13/h7-8,11H,5-6,9-10H2,1-4H3. The van der Waals surface area contributed by atoms with Crippen molar-refractivity contribution in [3.8, 4) is 0 Å². The van der Waals surface area contributed by atoms with Gasteiger partial charge in [-0.15, -0.1) is 0 Å². The van der Waals surface area contributed by atoms with Crippen LogP contribution < -0.4 is 4.90 Å². The van der Waals surface area contributed by atoms with Crippen LogP contribution in [0.4, 0.5) is 10.6 Å². The van der Waals surface area contributed by atoms with Gasteiger partial charge in [-0.25, -0.2) is 14.8 Å². The second kappa shape index (κ2) is 6.81. The van der Waals surface area contributed by atoms with E-state index in [1.54, 1.807) is 17.3 Å². The van der Waals surface area contributed by atoms with Crippen molar-refractivity contribution < 1.29 is 9.53 Å². The average Bonchev–Trinajstić information content (AvgIpc) is 2.86. The summed E-state index contributed by atoms with van der Waals surface area (Å²) in [5, 5.41) is 0. The number of likely N-dealkylation sites (tertiary alicyclic amines) is 1. The number of aromatic nitrogens is 2. The van der Waals surface area contributed by atoms with Gasteiger partial charge in [0.05, 0.1) is 12.4 Å². The molecule has 1 unspecified atom stereocenters. The first-order chi connectivity index (χ1) is 10.2. The van der Waals surface area contributed by atoms with Gasteiger partial charge >= 0.3 is 6.09 Å². The fourth-order valence-electron chi connectivity index (χ4n) is 2.46. The monoisotopic (exact) mass is 370 g/mol. The predicted octanol–water partition coefficient (Wildman–Crippen LogP) is 2.93. The Labute approximate surface area is 140 Å². The van der Waals surface area contributed by atoms with Crippen LogP contribution >= 0.6 is 15.9 Å². The van der Waals surface area contributed by atoms with Gasteiger partial charge in [-0.05, 0) is 49.0 Å². The lowest BCUT2D eigenvalue weighted by atomic mass is 10.1. The number of hydrogen-bond acceptors (Lipinski definition) is 5. The third kappa shape index (κ3) is 4.83. The van der Waals surface area contributed by atoms with E-state index in [1.165, 1.54) is 0 Å². The molecule has 1 aliphatic rings. The molecule has 0 saturated carbocycles. The zero-order valence-electron chi connectivity index (χ0n) is 13.5. The van der Waals surface area contributed by atoms with Gasteiger partial charge in [-0.3, -0.25) is 0 Å². The molecule has 0 N–H and O–H groups in total. The Morgan fingerprint density at radius 3 is 2.77 bits per heavy atom. The predicted molar refractivity (Wildman–Crippen MR) is 88.9 cm³/mol. The topological polar surface area (TPSA) is 58.6 Å². The van der Waals surface area contributed by atoms with Gasteiger partial charge in [-0.2, -0.15) is 0 Å². The van der Waals surface area contributed by atoms with Crippen LogP contribution in [0.2, 0.25) is 0 Å². The molecule has 1 fully saturated rings. The first-order valence-corrected chi connectivity index (χ1v) is 8.20. The fraction of sp³-hybridized carbons (Fsp3) is 0.667. The molecular formula is C15H23BrN4O2. The highest BCUT2D eigenvalue weighted by atomic mass is 79.9. The Morgan fingerprint density at radius 1 is 1.45 bits per heavy atom. The molecule has 0 radical (unpaired) electrons. The van der Waals surface area contributed by atoms with Crippen molar-refractivity contribution in [3.63, 3.8) is 0 Å². The minimum absolute atomic E-state index is 0.221. The van der Waals surface area contributed by atoms with E-state index in [2.05, 4.69) is 30.8 Å². The summed E-state index contributed by atoms with van der Waals surface area (Å²) in [6, 6.07) is 0. The molecule has 0 aromatic carbocycles. The summed E-state index contributed by atoms with van der Waals surface area (Å²) in [5.41, 5.74) is -0.445. The first kappa shape index (κ1) is 17.0. The van der Waals surface area contributed by atoms with Crippen LogP contribution in [0.25, 0.3) is 0 Å². The second-order valence-electron chi connectivity index (χ2n) is 6.66. The maximum Gasteiger partial charge on any atom is 0.410 e. The molecular weight excluding hydrogens is 348 g/mol. The van der Waals surface area contributed by atoms with Crippen molar-refractivity contribution in [3.05, 3.63) is 17.0 Å². The smallest absolute Gasteiger partial charge is 0.410 e. The number of nitrogens with zero attached hydrogens (tertiary/aromatic N) is 4. The van der Waals surface area contributed by atoms with Crippen molar-refractivity contribution >= 4 is 27.8 Å². The molecule has 7 heteroatoms. The normalized spacial score (nSPS) is 18.4. The first-order valence-electron chi connectivity index (χ1n) is 7.41. The number of hydrogen-bond donors (Lipinski definition) is 0. The van der Waals surface area contributed by atoms with Crippen molar-refractivity contribution in [2.45, 2.75) is 32.8 Å². The Kier molecular flexibility index (Phi) is 5.26. The second-order valence-corrected chi connectivity index (χ2v) is 7.47. The van der Waals surface area contributed by atoms with Gasteiger partial charge in [-0.1, -0.05) is 0 Å². The van der Waals surface area contributed by atoms with E-state index in [0.29, 0.717) is 5.92 Å². The van der Waals surface area contributed by atoms with Gasteiger partial charge in [0.15, 0.2) is 0 Å². The van der Waals surface area contributed by atoms with E-state index in [9.17, 15) is 4.79 Å². The van der Waals surface area contributed by atoms with Crippen molar-refractivity contribution in [2.75, 3.05) is 31.6 Å². The molecule has 1 aromatic rings. The number of ether oxygens (including phenoxy) is 1. The summed E-state index contributed by atoms with van der Waals surface area (Å²) in [4.78, 5) is 24.4. The van der Waals surface area contributed by atoms with E-state index < -0.39 is 5.60 Å². The summed E-state index contributed by atoms with van der Waals surface area (Å²) in [5.74, 6) is 1.25. The molecule has 122 valence electrons. The fourth-order valence-corrected chi connectivity index (χ4v) is 2.66. The van der Waals surface area contributed by atoms with Gasteiger partial charge in [0, 0.05) is 26.7 Å². The third-order valence-corrected chi connectivity index (χ3v) is 3.88. The van der Waals surface area contributed by atoms with Crippen LogP contribution in [0.3, 0.4) is 0 Å². The van der Waals surface area contributed by atoms with Crippen molar-refractivity contribution in [1.29, 1.82) is 0 Å². The van der Waals surface area contributed by atoms with Gasteiger partial charge in [0.1, 0.15) is 16.0 Å². The number of carbonyl (C=O) groups excluding carboxylic acids is 1. The Hall–Kier alpha value is -1.37. The number of amides is 1. The average molecular weight is 371 g/mol. The molecule has 6 nitrogen and oxygen atoms in total. The van der Waals surface area contributed by atoms with Gasteiger partial charge < -0.3 is 14.5 Å². The summed E-state index contributed by atoms with van der Waals surface area (Å²) >= 11 is 3.28. The lowest BCUT2D eigenvalue weighted by molar-refractivity contribution is 0.0288. The van der Waals surface area contributed by atoms with Crippen LogP contribution in [-0.4, -0.2) is 53.2 Å². The van der Waals surface area contributed by atoms with Gasteiger partial charge in [0.2, 0.25) is 0 Å². The quantitative estimate of drug-likeness (QED) is 0.818. The van der Waals surface area contributed by atoms with E-state index in [-0.39, 0.29) is 6.09 Å². The van der Waals surface area contributed by atoms with Gasteiger partial charge in [0.25, 0.3) is 0 Å². The van der Waals surface area contributed by atoms with E-state index in [0.717, 1.165) is 36.5 Å². The van der Waals surface area contributed by atoms with E-state index >= 15 is 0 Å². The zero-order chi connectivity index (χ0) is 16.3. The molecule has 22 heavy (non-hydrogen) atoms. The van der Waals surface area contributed by atoms with Crippen LogP contribution in [0.1, 0.15) is 27.2 Å². The summed E-state index contributed by atoms with van der Waals surface area (Å²) in [6.07, 6.45) is 4.19. The minimum Gasteiger partial charge on any atom is -0.444 e. The maximum absolute atomic E-state index is 12.1. The molecule has 1 saturated heterocycles. The molecule has 0 bridgehead atoms. The molecule has 1 aromatic heterocycles. The van der Waals surface area contributed by atoms with Crippen molar-refractivity contribution in [2.24, 2.45) is 5.92 Å². The van der Waals surface area contributed by atoms with Crippen LogP contribution in [-0.2, 0) is 4.74 Å². The molecule has 0 spiro atoms. The lowest BCUT2D eigenvalue weighted by Gasteiger charge is -2.25. The van der Waals surface area contributed by atoms with E-state index in [1.807, 2.05) is 27.8 Å². The summed E-state index contributed by atoms with van der Waals surface area (Å²) in [7, 11) is 1.99. The highest BCUT2D eigenvalue weighted by molar-refractivity contribution is 9.10. The number of rotatable bonds is 3. The summed E-state index contributed by atoms with van der Waals surface area (Å²) < 4.78 is 6.14. The number of anilines is 1. The molecule has 2 rings (SSSR count). The maximum atomic E-state index is 12.1. The molecule has 1 aliphatic heterocycles. The zero-order valence-corrected chi connectivity index (χ0v) is 15.1. The lowest BCUT2D eigenvalue weighted by Crippen LogP contribution is -2.36. The minimum atomic E-state index is -0.445. The highest BCUT2D eigenvalue weighted by Gasteiger charge is 2.30. The largest absolute Gasteiger partial charge is 0.444 e. The molecule has 2 heterocycles. The Bertz CT molecular complexity index is 515. The Morgan fingerprint density at radius 2 is 2.18 bits per heavy atom. The molecule has 0 aliphatic carbocycles. The van der Waals surface area contributed by atoms with Crippen LogP contribution in [0.5, 0.6) is 0 Å². The highest BCUT2D eigenvalue weighted by Crippen LogP contribution is 2.21. The van der Waals surface area contributed by atoms with Crippen LogP contribution in [0, 0.1) is 5.92 Å². The number of carbonyl (C=O) groups is 1. The molecule has 1 amide bonds. The van der Waals surface area contributed by atoms with E-state index in [4.69, 9.17) is 4.74 Å². The number of halogens is 1. The summed E-state index contributed by atoms with van der Waals surface area (Å²) in [6.45, 7) is 7.98. The SMILES string of the molecule is CN(CC1CCN(C(=O)OC(C)(C)C)C1)c1cnc(Br)cn1. The van der Waals surface area contributed by atoms with Crippen LogP contribution in [0.15, 0.2) is 17.0 Å². The molecule has 1 atom stereocenters. The van der Waals surface area contributed by atoms with Crippen molar-refractivity contribution in [1.82, 2.24) is 14.9 Å². The Balaban J connectivity index is 1.85. The third-order valence-electron chi connectivity index (χ3n) is 3.47.